The van der Waals surface area contributed by atoms with Gasteiger partial charge in [-0.2, -0.15) is 9.40 Å². The Morgan fingerprint density at radius 2 is 1.70 bits per heavy atom. The SMILES string of the molecule is CCn1nccc1CN(Cc1ccccc1)S(=O)(=O)c1ccc(C)c(C)c1. The van der Waals surface area contributed by atoms with Gasteiger partial charge in [0.25, 0.3) is 0 Å². The number of rotatable bonds is 7. The van der Waals surface area contributed by atoms with E-state index in [1.54, 1.807) is 18.3 Å². The summed E-state index contributed by atoms with van der Waals surface area (Å²) in [5.41, 5.74) is 3.87. The van der Waals surface area contributed by atoms with Crippen molar-refractivity contribution < 1.29 is 8.42 Å². The first-order valence-corrected chi connectivity index (χ1v) is 10.5. The van der Waals surface area contributed by atoms with Gasteiger partial charge in [0.1, 0.15) is 0 Å². The van der Waals surface area contributed by atoms with Crippen molar-refractivity contribution in [2.75, 3.05) is 0 Å². The summed E-state index contributed by atoms with van der Waals surface area (Å²) in [7, 11) is -3.65. The largest absolute Gasteiger partial charge is 0.269 e. The molecule has 0 aliphatic rings. The molecule has 0 unspecified atom stereocenters. The monoisotopic (exact) mass is 383 g/mol. The molecule has 0 aliphatic heterocycles. The van der Waals surface area contributed by atoms with Gasteiger partial charge in [0, 0.05) is 19.3 Å². The van der Waals surface area contributed by atoms with Crippen molar-refractivity contribution in [2.24, 2.45) is 0 Å². The van der Waals surface area contributed by atoms with Crippen molar-refractivity contribution in [3.63, 3.8) is 0 Å². The van der Waals surface area contributed by atoms with Crippen molar-refractivity contribution in [2.45, 2.75) is 45.3 Å². The Bertz CT molecular complexity index is 1010. The quantitative estimate of drug-likeness (QED) is 0.621. The van der Waals surface area contributed by atoms with E-state index in [1.165, 1.54) is 4.31 Å². The molecular weight excluding hydrogens is 358 g/mol. The van der Waals surface area contributed by atoms with Gasteiger partial charge in [0.2, 0.25) is 10.0 Å². The summed E-state index contributed by atoms with van der Waals surface area (Å²) in [6, 6.07) is 16.8. The summed E-state index contributed by atoms with van der Waals surface area (Å²) in [5, 5.41) is 4.27. The van der Waals surface area contributed by atoms with E-state index in [-0.39, 0.29) is 6.54 Å². The number of sulfonamides is 1. The fraction of sp³-hybridized carbons (Fsp3) is 0.286. The molecule has 0 fully saturated rings. The minimum Gasteiger partial charge on any atom is -0.269 e. The van der Waals surface area contributed by atoms with E-state index in [2.05, 4.69) is 5.10 Å². The van der Waals surface area contributed by atoms with E-state index in [1.807, 2.05) is 67.9 Å². The molecule has 5 nitrogen and oxygen atoms in total. The van der Waals surface area contributed by atoms with Crippen LogP contribution in [0.15, 0.2) is 65.7 Å². The molecule has 142 valence electrons. The Hall–Kier alpha value is -2.44. The maximum absolute atomic E-state index is 13.4. The highest BCUT2D eigenvalue weighted by molar-refractivity contribution is 7.89. The summed E-state index contributed by atoms with van der Waals surface area (Å²) >= 11 is 0. The molecule has 2 aromatic carbocycles. The van der Waals surface area contributed by atoms with Gasteiger partial charge in [-0.3, -0.25) is 4.68 Å². The molecule has 0 aliphatic carbocycles. The molecule has 0 saturated carbocycles. The molecule has 0 radical (unpaired) electrons. The van der Waals surface area contributed by atoms with Gasteiger partial charge < -0.3 is 0 Å². The van der Waals surface area contributed by atoms with Crippen molar-refractivity contribution in [3.05, 3.63) is 83.2 Å². The van der Waals surface area contributed by atoms with Crippen LogP contribution >= 0.6 is 0 Å². The van der Waals surface area contributed by atoms with Crippen LogP contribution in [0.5, 0.6) is 0 Å². The number of nitrogens with zero attached hydrogens (tertiary/aromatic N) is 3. The Balaban J connectivity index is 2.00. The van der Waals surface area contributed by atoms with E-state index >= 15 is 0 Å². The lowest BCUT2D eigenvalue weighted by Crippen LogP contribution is -2.31. The van der Waals surface area contributed by atoms with Crippen LogP contribution in [0.3, 0.4) is 0 Å². The van der Waals surface area contributed by atoms with Crippen LogP contribution in [-0.2, 0) is 29.7 Å². The van der Waals surface area contributed by atoms with Gasteiger partial charge in [-0.15, -0.1) is 0 Å². The molecule has 0 atom stereocenters. The minimum absolute atomic E-state index is 0.276. The van der Waals surface area contributed by atoms with Crippen LogP contribution in [0.4, 0.5) is 0 Å². The zero-order valence-corrected chi connectivity index (χ0v) is 16.8. The van der Waals surface area contributed by atoms with Crippen LogP contribution in [0.25, 0.3) is 0 Å². The molecule has 0 saturated heterocycles. The standard InChI is InChI=1S/C21H25N3O2S/c1-4-24-20(12-13-22-24)16-23(15-19-8-6-5-7-9-19)27(25,26)21-11-10-17(2)18(3)14-21/h5-14H,4,15-16H2,1-3H3. The summed E-state index contributed by atoms with van der Waals surface area (Å²) in [6.45, 7) is 7.19. The topological polar surface area (TPSA) is 55.2 Å². The van der Waals surface area contributed by atoms with Crippen LogP contribution in [-0.4, -0.2) is 22.5 Å². The summed E-state index contributed by atoms with van der Waals surface area (Å²) in [6.07, 6.45) is 1.71. The maximum Gasteiger partial charge on any atom is 0.243 e. The van der Waals surface area contributed by atoms with E-state index in [4.69, 9.17) is 0 Å². The van der Waals surface area contributed by atoms with Crippen LogP contribution in [0.2, 0.25) is 0 Å². The van der Waals surface area contributed by atoms with Gasteiger partial charge in [0.15, 0.2) is 0 Å². The first-order valence-electron chi connectivity index (χ1n) is 9.04. The number of hydrogen-bond donors (Lipinski definition) is 0. The molecule has 6 heteroatoms. The van der Waals surface area contributed by atoms with Crippen molar-refractivity contribution in [1.82, 2.24) is 14.1 Å². The summed E-state index contributed by atoms with van der Waals surface area (Å²) in [4.78, 5) is 0.323. The van der Waals surface area contributed by atoms with Gasteiger partial charge in [-0.25, -0.2) is 8.42 Å². The molecular formula is C21H25N3O2S. The second kappa shape index (κ2) is 8.06. The Labute approximate surface area is 161 Å². The minimum atomic E-state index is -3.65. The van der Waals surface area contributed by atoms with Gasteiger partial charge in [-0.1, -0.05) is 36.4 Å². The zero-order valence-electron chi connectivity index (χ0n) is 16.0. The lowest BCUT2D eigenvalue weighted by Gasteiger charge is -2.23. The fourth-order valence-corrected chi connectivity index (χ4v) is 4.48. The van der Waals surface area contributed by atoms with Crippen molar-refractivity contribution in [3.8, 4) is 0 Å². The predicted octanol–water partition coefficient (Wildman–Crippen LogP) is 3.91. The molecule has 0 bridgehead atoms. The van der Waals surface area contributed by atoms with E-state index in [9.17, 15) is 8.42 Å². The normalized spacial score (nSPS) is 11.9. The predicted molar refractivity (Wildman–Crippen MR) is 107 cm³/mol. The Kier molecular flexibility index (Phi) is 5.77. The highest BCUT2D eigenvalue weighted by Gasteiger charge is 2.26. The maximum atomic E-state index is 13.4. The molecule has 3 aromatic rings. The average molecular weight is 384 g/mol. The molecule has 0 spiro atoms. The molecule has 1 heterocycles. The molecule has 0 amide bonds. The molecule has 3 rings (SSSR count). The van der Waals surface area contributed by atoms with Crippen LogP contribution < -0.4 is 0 Å². The fourth-order valence-electron chi connectivity index (χ4n) is 3.00. The number of aryl methyl sites for hydroxylation is 3. The summed E-state index contributed by atoms with van der Waals surface area (Å²) in [5.74, 6) is 0. The third kappa shape index (κ3) is 4.28. The second-order valence-corrected chi connectivity index (χ2v) is 8.58. The summed E-state index contributed by atoms with van der Waals surface area (Å²) < 4.78 is 30.2. The molecule has 27 heavy (non-hydrogen) atoms. The van der Waals surface area contributed by atoms with Gasteiger partial charge >= 0.3 is 0 Å². The number of aromatic nitrogens is 2. The number of hydrogen-bond acceptors (Lipinski definition) is 3. The second-order valence-electron chi connectivity index (χ2n) is 6.64. The number of benzene rings is 2. The lowest BCUT2D eigenvalue weighted by atomic mass is 10.1. The smallest absolute Gasteiger partial charge is 0.243 e. The average Bonchev–Trinajstić information content (AvgIpc) is 3.11. The third-order valence-corrected chi connectivity index (χ3v) is 6.55. The first kappa shape index (κ1) is 19.3. The Morgan fingerprint density at radius 1 is 0.963 bits per heavy atom. The van der Waals surface area contributed by atoms with E-state index in [0.29, 0.717) is 18.0 Å². The highest BCUT2D eigenvalue weighted by atomic mass is 32.2. The third-order valence-electron chi connectivity index (χ3n) is 4.76. The first-order chi connectivity index (χ1) is 12.9. The zero-order chi connectivity index (χ0) is 19.4. The van der Waals surface area contributed by atoms with E-state index in [0.717, 1.165) is 22.4 Å². The van der Waals surface area contributed by atoms with E-state index < -0.39 is 10.0 Å². The molecule has 0 N–H and O–H groups in total. The Morgan fingerprint density at radius 3 is 2.37 bits per heavy atom. The van der Waals surface area contributed by atoms with Crippen LogP contribution in [0, 0.1) is 13.8 Å². The van der Waals surface area contributed by atoms with Crippen LogP contribution in [0.1, 0.15) is 29.3 Å². The highest BCUT2D eigenvalue weighted by Crippen LogP contribution is 2.23. The lowest BCUT2D eigenvalue weighted by molar-refractivity contribution is 0.386. The van der Waals surface area contributed by atoms with Gasteiger partial charge in [0.05, 0.1) is 17.1 Å². The molecule has 1 aromatic heterocycles. The van der Waals surface area contributed by atoms with Gasteiger partial charge in [-0.05, 0) is 55.7 Å². The van der Waals surface area contributed by atoms with Crippen molar-refractivity contribution in [1.29, 1.82) is 0 Å². The van der Waals surface area contributed by atoms with Crippen molar-refractivity contribution >= 4 is 10.0 Å².